The minimum atomic E-state index is -5.71. The summed E-state index contributed by atoms with van der Waals surface area (Å²) in [6.45, 7) is 1.34. The molecule has 0 fully saturated rings. The van der Waals surface area contributed by atoms with Crippen molar-refractivity contribution in [3.63, 3.8) is 0 Å². The number of nitrogens with one attached hydrogen (secondary N) is 1. The summed E-state index contributed by atoms with van der Waals surface area (Å²) < 4.78 is 63.8. The second kappa shape index (κ2) is 5.79. The predicted molar refractivity (Wildman–Crippen MR) is 71.7 cm³/mol. The molecule has 0 saturated carbocycles. The lowest BCUT2D eigenvalue weighted by molar-refractivity contribution is -0.119. The average Bonchev–Trinajstić information content (AvgIpc) is 2.37. The molecule has 0 saturated heterocycles. The molecule has 1 aliphatic carbocycles. The number of alkyl halides is 3. The van der Waals surface area contributed by atoms with Gasteiger partial charge in [0.2, 0.25) is 5.91 Å². The maximum atomic E-state index is 12.4. The van der Waals surface area contributed by atoms with Crippen molar-refractivity contribution in [1.82, 2.24) is 5.32 Å². The fourth-order valence-electron chi connectivity index (χ4n) is 2.41. The molecular formula is C13H14F3NO4S. The van der Waals surface area contributed by atoms with Crippen molar-refractivity contribution in [2.75, 3.05) is 0 Å². The molecule has 1 aromatic rings. The van der Waals surface area contributed by atoms with Crippen LogP contribution in [0.4, 0.5) is 13.2 Å². The third kappa shape index (κ3) is 3.52. The number of hydrogen-bond donors (Lipinski definition) is 1. The molecule has 1 aromatic carbocycles. The van der Waals surface area contributed by atoms with Gasteiger partial charge in [0.05, 0.1) is 0 Å². The Morgan fingerprint density at radius 1 is 1.36 bits per heavy atom. The number of benzene rings is 1. The number of rotatable bonds is 3. The van der Waals surface area contributed by atoms with Crippen molar-refractivity contribution >= 4 is 16.0 Å². The van der Waals surface area contributed by atoms with Crippen LogP contribution in [0.3, 0.4) is 0 Å². The van der Waals surface area contributed by atoms with Crippen LogP contribution in [-0.4, -0.2) is 25.9 Å². The van der Waals surface area contributed by atoms with Gasteiger partial charge >= 0.3 is 15.6 Å². The maximum absolute atomic E-state index is 12.4. The van der Waals surface area contributed by atoms with Crippen molar-refractivity contribution in [3.05, 3.63) is 29.3 Å². The number of fused-ring (bicyclic) bond motifs is 1. The van der Waals surface area contributed by atoms with Gasteiger partial charge < -0.3 is 9.50 Å². The average molecular weight is 337 g/mol. The Balaban J connectivity index is 2.31. The molecular weight excluding hydrogens is 323 g/mol. The molecule has 1 N–H and O–H groups in total. The fourth-order valence-corrected chi connectivity index (χ4v) is 2.90. The topological polar surface area (TPSA) is 72.5 Å². The molecule has 0 aliphatic heterocycles. The van der Waals surface area contributed by atoms with Crippen LogP contribution >= 0.6 is 0 Å². The molecule has 1 amide bonds. The Bertz CT molecular complexity index is 685. The van der Waals surface area contributed by atoms with Gasteiger partial charge in [-0.1, -0.05) is 12.1 Å². The van der Waals surface area contributed by atoms with Gasteiger partial charge in [-0.2, -0.15) is 21.6 Å². The fraction of sp³-hybridized carbons (Fsp3) is 0.462. The van der Waals surface area contributed by atoms with E-state index in [2.05, 4.69) is 9.50 Å². The summed E-state index contributed by atoms with van der Waals surface area (Å²) in [5, 5.41) is 2.68. The van der Waals surface area contributed by atoms with E-state index in [0.717, 1.165) is 5.56 Å². The van der Waals surface area contributed by atoms with Gasteiger partial charge in [0.15, 0.2) is 0 Å². The highest BCUT2D eigenvalue weighted by Gasteiger charge is 2.49. The van der Waals surface area contributed by atoms with Gasteiger partial charge in [-0.15, -0.1) is 0 Å². The second-order valence-corrected chi connectivity index (χ2v) is 6.56. The number of amides is 1. The van der Waals surface area contributed by atoms with Crippen LogP contribution in [-0.2, 0) is 27.8 Å². The predicted octanol–water partition coefficient (Wildman–Crippen LogP) is 1.91. The van der Waals surface area contributed by atoms with Crippen LogP contribution in [0.2, 0.25) is 0 Å². The smallest absolute Gasteiger partial charge is 0.376 e. The lowest BCUT2D eigenvalue weighted by Gasteiger charge is -2.26. The van der Waals surface area contributed by atoms with E-state index in [1.165, 1.54) is 19.1 Å². The highest BCUT2D eigenvalue weighted by atomic mass is 32.2. The quantitative estimate of drug-likeness (QED) is 0.675. The maximum Gasteiger partial charge on any atom is 0.534 e. The van der Waals surface area contributed by atoms with Gasteiger partial charge in [-0.05, 0) is 30.9 Å². The molecule has 0 spiro atoms. The molecule has 0 aromatic heterocycles. The summed E-state index contributed by atoms with van der Waals surface area (Å²) in [7, 11) is -5.71. The molecule has 9 heteroatoms. The molecule has 1 atom stereocenters. The van der Waals surface area contributed by atoms with Crippen LogP contribution in [0.15, 0.2) is 18.2 Å². The van der Waals surface area contributed by atoms with Gasteiger partial charge in [-0.25, -0.2) is 0 Å². The summed E-state index contributed by atoms with van der Waals surface area (Å²) >= 11 is 0. The molecule has 5 nitrogen and oxygen atoms in total. The second-order valence-electron chi connectivity index (χ2n) is 5.02. The van der Waals surface area contributed by atoms with Crippen LogP contribution in [0.1, 0.15) is 24.5 Å². The molecule has 1 aliphatic rings. The third-order valence-corrected chi connectivity index (χ3v) is 4.30. The molecule has 0 radical (unpaired) electrons. The van der Waals surface area contributed by atoms with Crippen molar-refractivity contribution in [2.45, 2.75) is 37.7 Å². The van der Waals surface area contributed by atoms with Crippen molar-refractivity contribution in [1.29, 1.82) is 0 Å². The largest absolute Gasteiger partial charge is 0.534 e. The van der Waals surface area contributed by atoms with E-state index < -0.39 is 15.6 Å². The van der Waals surface area contributed by atoms with Gasteiger partial charge in [0, 0.05) is 18.5 Å². The Kier molecular flexibility index (Phi) is 4.37. The number of carbonyl (C=O) groups is 1. The van der Waals surface area contributed by atoms with Crippen LogP contribution in [0, 0.1) is 0 Å². The van der Waals surface area contributed by atoms with Gasteiger partial charge in [-0.3, -0.25) is 4.79 Å². The first kappa shape index (κ1) is 16.6. The standard InChI is InChI=1S/C13H14F3NO4S/c1-8(18)17-10-6-5-9-3-2-4-12(11(9)7-10)21-22(19,20)13(14,15)16/h2-4,10H,5-7H2,1H3,(H,17,18). The zero-order chi connectivity index (χ0) is 16.5. The number of aryl methyl sites for hydroxylation is 1. The van der Waals surface area contributed by atoms with Crippen LogP contribution < -0.4 is 9.50 Å². The summed E-state index contributed by atoms with van der Waals surface area (Å²) in [4.78, 5) is 11.1. The normalized spacial score (nSPS) is 18.5. The molecule has 2 rings (SSSR count). The zero-order valence-corrected chi connectivity index (χ0v) is 12.4. The summed E-state index contributed by atoms with van der Waals surface area (Å²) in [5.41, 5.74) is -4.39. The van der Waals surface area contributed by atoms with Crippen LogP contribution in [0.5, 0.6) is 5.75 Å². The minimum Gasteiger partial charge on any atom is -0.376 e. The first-order valence-corrected chi connectivity index (χ1v) is 7.89. The number of carbonyl (C=O) groups excluding carboxylic acids is 1. The number of hydrogen-bond acceptors (Lipinski definition) is 4. The first-order valence-electron chi connectivity index (χ1n) is 6.49. The van der Waals surface area contributed by atoms with Crippen molar-refractivity contribution in [3.8, 4) is 5.75 Å². The zero-order valence-electron chi connectivity index (χ0n) is 11.6. The lowest BCUT2D eigenvalue weighted by atomic mass is 9.87. The minimum absolute atomic E-state index is 0.221. The van der Waals surface area contributed by atoms with Crippen molar-refractivity contribution in [2.24, 2.45) is 0 Å². The van der Waals surface area contributed by atoms with E-state index in [1.54, 1.807) is 6.07 Å². The summed E-state index contributed by atoms with van der Waals surface area (Å²) in [5.74, 6) is -0.598. The molecule has 0 bridgehead atoms. The molecule has 1 unspecified atom stereocenters. The SMILES string of the molecule is CC(=O)NC1CCc2cccc(OS(=O)(=O)C(F)(F)F)c2C1. The highest BCUT2D eigenvalue weighted by Crippen LogP contribution is 2.33. The molecule has 22 heavy (non-hydrogen) atoms. The van der Waals surface area contributed by atoms with E-state index >= 15 is 0 Å². The van der Waals surface area contributed by atoms with E-state index in [4.69, 9.17) is 0 Å². The van der Waals surface area contributed by atoms with Gasteiger partial charge in [0.25, 0.3) is 0 Å². The van der Waals surface area contributed by atoms with E-state index in [9.17, 15) is 26.4 Å². The van der Waals surface area contributed by atoms with Crippen LogP contribution in [0.25, 0.3) is 0 Å². The summed E-state index contributed by atoms with van der Waals surface area (Å²) in [6.07, 6.45) is 1.37. The third-order valence-electron chi connectivity index (χ3n) is 3.33. The van der Waals surface area contributed by atoms with Crippen molar-refractivity contribution < 1.29 is 30.6 Å². The summed E-state index contributed by atoms with van der Waals surface area (Å²) in [6, 6.07) is 4.06. The Hall–Kier alpha value is -1.77. The van der Waals surface area contributed by atoms with E-state index in [1.807, 2.05) is 0 Å². The first-order chi connectivity index (χ1) is 10.1. The van der Waals surface area contributed by atoms with E-state index in [-0.39, 0.29) is 24.1 Å². The molecule has 122 valence electrons. The number of halogens is 3. The lowest BCUT2D eigenvalue weighted by Crippen LogP contribution is -2.38. The Morgan fingerprint density at radius 2 is 2.05 bits per heavy atom. The highest BCUT2D eigenvalue weighted by molar-refractivity contribution is 7.88. The molecule has 0 heterocycles. The van der Waals surface area contributed by atoms with E-state index in [0.29, 0.717) is 18.4 Å². The Labute approximate surface area is 125 Å². The Morgan fingerprint density at radius 3 is 2.64 bits per heavy atom. The van der Waals surface area contributed by atoms with Gasteiger partial charge in [0.1, 0.15) is 5.75 Å². The monoisotopic (exact) mass is 337 g/mol.